The van der Waals surface area contributed by atoms with Crippen LogP contribution in [0.5, 0.6) is 0 Å². The fraction of sp³-hybridized carbons (Fsp3) is 0.600. The molecule has 0 saturated carbocycles. The van der Waals surface area contributed by atoms with Crippen molar-refractivity contribution in [2.45, 2.75) is 12.5 Å². The number of carbonyl (C=O) groups excluding carboxylic acids is 1. The van der Waals surface area contributed by atoms with Gasteiger partial charge in [0.05, 0.1) is 18.7 Å². The number of sulfonamides is 1. The van der Waals surface area contributed by atoms with Gasteiger partial charge >= 0.3 is 5.97 Å². The molecule has 1 atom stereocenters. The minimum absolute atomic E-state index is 0.610. The number of aliphatic carboxylic acids is 1. The van der Waals surface area contributed by atoms with Crippen molar-refractivity contribution in [3.05, 3.63) is 0 Å². The Bertz CT molecular complexity index is 309. The maximum atomic E-state index is 10.8. The van der Waals surface area contributed by atoms with E-state index in [0.717, 1.165) is 6.26 Å². The molecule has 0 unspecified atom stereocenters. The second-order valence-electron chi connectivity index (χ2n) is 2.44. The lowest BCUT2D eigenvalue weighted by Crippen LogP contribution is -2.44. The monoisotopic (exact) mass is 210 g/mol. The molecule has 0 heterocycles. The first-order valence-electron chi connectivity index (χ1n) is 3.21. The summed E-state index contributed by atoms with van der Waals surface area (Å²) in [5, 5.41) is 8.22. The van der Waals surface area contributed by atoms with E-state index in [1.165, 1.54) is 0 Å². The molecular weight excluding hydrogens is 200 g/mol. The quantitative estimate of drug-likeness (QED) is 0.486. The third kappa shape index (κ3) is 6.05. The van der Waals surface area contributed by atoms with Crippen molar-refractivity contribution in [1.82, 2.24) is 4.72 Å². The van der Waals surface area contributed by atoms with Crippen LogP contribution >= 0.6 is 0 Å². The van der Waals surface area contributed by atoms with Crippen LogP contribution in [0.15, 0.2) is 0 Å². The largest absolute Gasteiger partial charge is 0.481 e. The highest BCUT2D eigenvalue weighted by molar-refractivity contribution is 7.89. The molecule has 0 aromatic carbocycles. The van der Waals surface area contributed by atoms with Crippen molar-refractivity contribution in [2.75, 3.05) is 6.26 Å². The molecule has 7 nitrogen and oxygen atoms in total. The molecule has 0 radical (unpaired) electrons. The summed E-state index contributed by atoms with van der Waals surface area (Å²) in [5.74, 6) is -2.29. The van der Waals surface area contributed by atoms with Crippen molar-refractivity contribution in [3.63, 3.8) is 0 Å². The molecule has 0 rings (SSSR count). The number of hydrogen-bond donors (Lipinski definition) is 3. The number of carboxylic acids is 1. The van der Waals surface area contributed by atoms with Gasteiger partial charge in [-0.15, -0.1) is 0 Å². The van der Waals surface area contributed by atoms with Gasteiger partial charge in [-0.2, -0.15) is 0 Å². The maximum Gasteiger partial charge on any atom is 0.305 e. The zero-order valence-electron chi connectivity index (χ0n) is 6.85. The van der Waals surface area contributed by atoms with Gasteiger partial charge in [-0.1, -0.05) is 0 Å². The highest BCUT2D eigenvalue weighted by atomic mass is 32.2. The van der Waals surface area contributed by atoms with Gasteiger partial charge in [-0.25, -0.2) is 8.42 Å². The summed E-state index contributed by atoms with van der Waals surface area (Å²) in [7, 11) is -3.68. The summed E-state index contributed by atoms with van der Waals surface area (Å²) in [6.07, 6.45) is 0.166. The fourth-order valence-electron chi connectivity index (χ4n) is 0.539. The lowest BCUT2D eigenvalue weighted by Gasteiger charge is -2.07. The van der Waals surface area contributed by atoms with Gasteiger partial charge in [0, 0.05) is 0 Å². The van der Waals surface area contributed by atoms with Crippen molar-refractivity contribution < 1.29 is 23.1 Å². The predicted molar refractivity (Wildman–Crippen MR) is 43.2 cm³/mol. The smallest absolute Gasteiger partial charge is 0.305 e. The lowest BCUT2D eigenvalue weighted by molar-refractivity contribution is -0.139. The van der Waals surface area contributed by atoms with Crippen LogP contribution in [0.25, 0.3) is 0 Å². The normalized spacial score (nSPS) is 13.4. The van der Waals surface area contributed by atoms with Gasteiger partial charge in [0.2, 0.25) is 10.0 Å². The zero-order chi connectivity index (χ0) is 10.6. The van der Waals surface area contributed by atoms with E-state index >= 15 is 0 Å². The van der Waals surface area contributed by atoms with Crippen molar-refractivity contribution >= 4 is 21.9 Å². The van der Waals surface area contributed by atoms with E-state index in [0.29, 0.717) is 0 Å². The van der Waals surface area contributed by atoms with Gasteiger partial charge in [0.25, 0.3) is 5.91 Å². The molecule has 0 aromatic rings. The first kappa shape index (κ1) is 11.8. The number of amides is 1. The SMILES string of the molecule is CS(=O)(=O)NC(=O)[C@@H](N)CC(=O)O. The molecule has 76 valence electrons. The zero-order valence-corrected chi connectivity index (χ0v) is 7.67. The molecule has 0 aliphatic carbocycles. The van der Waals surface area contributed by atoms with E-state index in [9.17, 15) is 18.0 Å². The van der Waals surface area contributed by atoms with E-state index in [1.54, 1.807) is 4.72 Å². The Morgan fingerprint density at radius 2 is 2.00 bits per heavy atom. The number of hydrogen-bond acceptors (Lipinski definition) is 5. The Balaban J connectivity index is 4.21. The van der Waals surface area contributed by atoms with Crippen molar-refractivity contribution in [3.8, 4) is 0 Å². The standard InChI is InChI=1S/C5H10N2O5S/c1-13(11,12)7-5(10)3(6)2-4(8)9/h3H,2,6H2,1H3,(H,7,10)(H,8,9)/t3-/m0/s1. The Morgan fingerprint density at radius 1 is 1.54 bits per heavy atom. The molecule has 0 bridgehead atoms. The highest BCUT2D eigenvalue weighted by Crippen LogP contribution is 1.89. The second kappa shape index (κ2) is 4.19. The fourth-order valence-corrected chi connectivity index (χ4v) is 1.06. The van der Waals surface area contributed by atoms with Crippen molar-refractivity contribution in [2.24, 2.45) is 5.73 Å². The van der Waals surface area contributed by atoms with Gasteiger partial charge in [0.1, 0.15) is 0 Å². The van der Waals surface area contributed by atoms with Crippen LogP contribution in [0.4, 0.5) is 0 Å². The van der Waals surface area contributed by atoms with E-state index in [-0.39, 0.29) is 0 Å². The Morgan fingerprint density at radius 3 is 2.31 bits per heavy atom. The van der Waals surface area contributed by atoms with E-state index < -0.39 is 34.4 Å². The summed E-state index contributed by atoms with van der Waals surface area (Å²) >= 11 is 0. The topological polar surface area (TPSA) is 127 Å². The summed E-state index contributed by atoms with van der Waals surface area (Å²) < 4.78 is 22.6. The number of rotatable bonds is 4. The third-order valence-corrected chi connectivity index (χ3v) is 1.59. The van der Waals surface area contributed by atoms with E-state index in [1.807, 2.05) is 0 Å². The van der Waals surface area contributed by atoms with E-state index in [4.69, 9.17) is 10.8 Å². The van der Waals surface area contributed by atoms with Crippen LogP contribution in [0.2, 0.25) is 0 Å². The van der Waals surface area contributed by atoms with Gasteiger partial charge in [-0.05, 0) is 0 Å². The Kier molecular flexibility index (Phi) is 3.82. The number of carboxylic acid groups (broad SMARTS) is 1. The van der Waals surface area contributed by atoms with Crippen LogP contribution < -0.4 is 10.5 Å². The predicted octanol–water partition coefficient (Wildman–Crippen LogP) is -2.14. The summed E-state index contributed by atoms with van der Waals surface area (Å²) in [6, 6.07) is -1.35. The van der Waals surface area contributed by atoms with Crippen LogP contribution in [-0.4, -0.2) is 37.7 Å². The summed E-state index contributed by atoms with van der Waals surface area (Å²) in [5.41, 5.74) is 5.07. The van der Waals surface area contributed by atoms with Crippen LogP contribution in [0.3, 0.4) is 0 Å². The van der Waals surface area contributed by atoms with E-state index in [2.05, 4.69) is 0 Å². The number of nitrogens with two attached hydrogens (primary N) is 1. The summed E-state index contributed by atoms with van der Waals surface area (Å²) in [6.45, 7) is 0. The van der Waals surface area contributed by atoms with Crippen LogP contribution in [-0.2, 0) is 19.6 Å². The Hall–Kier alpha value is -1.15. The van der Waals surface area contributed by atoms with Crippen molar-refractivity contribution in [1.29, 1.82) is 0 Å². The first-order valence-corrected chi connectivity index (χ1v) is 5.10. The van der Waals surface area contributed by atoms with Gasteiger partial charge < -0.3 is 10.8 Å². The molecule has 4 N–H and O–H groups in total. The van der Waals surface area contributed by atoms with Gasteiger partial charge in [-0.3, -0.25) is 14.3 Å². The molecule has 0 aromatic heterocycles. The average molecular weight is 210 g/mol. The molecule has 0 spiro atoms. The molecule has 0 saturated heterocycles. The highest BCUT2D eigenvalue weighted by Gasteiger charge is 2.19. The molecule has 0 aliphatic rings. The maximum absolute atomic E-state index is 10.8. The lowest BCUT2D eigenvalue weighted by atomic mass is 10.2. The molecule has 13 heavy (non-hydrogen) atoms. The minimum atomic E-state index is -3.68. The molecule has 0 fully saturated rings. The minimum Gasteiger partial charge on any atom is -0.481 e. The molecule has 8 heteroatoms. The molecule has 1 amide bonds. The molecular formula is C5H10N2O5S. The third-order valence-electron chi connectivity index (χ3n) is 1.02. The number of carbonyl (C=O) groups is 2. The van der Waals surface area contributed by atoms with Gasteiger partial charge in [0.15, 0.2) is 0 Å². The van der Waals surface area contributed by atoms with Crippen LogP contribution in [0, 0.1) is 0 Å². The van der Waals surface area contributed by atoms with Crippen LogP contribution in [0.1, 0.15) is 6.42 Å². The average Bonchev–Trinajstić information content (AvgIpc) is 1.81. The molecule has 0 aliphatic heterocycles. The first-order chi connectivity index (χ1) is 5.72. The summed E-state index contributed by atoms with van der Waals surface area (Å²) in [4.78, 5) is 20.9. The second-order valence-corrected chi connectivity index (χ2v) is 4.19. The number of nitrogens with one attached hydrogen (secondary N) is 1. The Labute approximate surface area is 75.0 Å².